The number of para-hydroxylation sites is 1. The number of hydrogen-bond donors (Lipinski definition) is 2. The molecule has 0 aliphatic carbocycles. The first-order valence-electron chi connectivity index (χ1n) is 6.00. The zero-order valence-corrected chi connectivity index (χ0v) is 10.4. The van der Waals surface area contributed by atoms with E-state index in [1.807, 2.05) is 35.2 Å². The molecule has 0 atom stereocenters. The number of aliphatic carboxylic acids is 1. The third kappa shape index (κ3) is 3.48. The lowest BCUT2D eigenvalue weighted by molar-refractivity contribution is -0.136. The lowest BCUT2D eigenvalue weighted by Gasteiger charge is -2.24. The largest absolute Gasteiger partial charge is 0.508 e. The predicted octanol–water partition coefficient (Wildman–Crippen LogP) is 3.01. The number of carbonyl (C=O) groups is 1. The second kappa shape index (κ2) is 5.91. The molecular weight excluding hydrogens is 242 g/mol. The fraction of sp³-hybridized carbons (Fsp3) is 0.133. The predicted molar refractivity (Wildman–Crippen MR) is 73.8 cm³/mol. The Morgan fingerprint density at radius 1 is 0.947 bits per heavy atom. The highest BCUT2D eigenvalue weighted by Gasteiger charge is 2.10. The van der Waals surface area contributed by atoms with E-state index in [1.54, 1.807) is 24.3 Å². The topological polar surface area (TPSA) is 60.8 Å². The van der Waals surface area contributed by atoms with Crippen LogP contribution in [0.3, 0.4) is 0 Å². The van der Waals surface area contributed by atoms with Crippen molar-refractivity contribution in [2.45, 2.75) is 6.42 Å². The highest BCUT2D eigenvalue weighted by Crippen LogP contribution is 2.26. The summed E-state index contributed by atoms with van der Waals surface area (Å²) < 4.78 is 0. The highest BCUT2D eigenvalue weighted by molar-refractivity contribution is 5.70. The molecule has 98 valence electrons. The molecular formula is C15H15NO3. The zero-order chi connectivity index (χ0) is 13.7. The minimum Gasteiger partial charge on any atom is -0.508 e. The van der Waals surface area contributed by atoms with E-state index in [0.29, 0.717) is 6.54 Å². The lowest BCUT2D eigenvalue weighted by Crippen LogP contribution is -2.20. The molecule has 0 saturated heterocycles. The van der Waals surface area contributed by atoms with Crippen LogP contribution in [0.15, 0.2) is 54.6 Å². The first-order valence-corrected chi connectivity index (χ1v) is 6.00. The summed E-state index contributed by atoms with van der Waals surface area (Å²) >= 11 is 0. The molecule has 0 bridgehead atoms. The van der Waals surface area contributed by atoms with Crippen LogP contribution in [0, 0.1) is 0 Å². The monoisotopic (exact) mass is 257 g/mol. The van der Waals surface area contributed by atoms with Gasteiger partial charge in [0.05, 0.1) is 6.42 Å². The summed E-state index contributed by atoms with van der Waals surface area (Å²) in [7, 11) is 0. The third-order valence-electron chi connectivity index (χ3n) is 2.78. The number of phenolic OH excluding ortho intramolecular Hbond substituents is 1. The van der Waals surface area contributed by atoms with Gasteiger partial charge in [0.2, 0.25) is 0 Å². The first kappa shape index (κ1) is 13.0. The molecule has 2 aromatic carbocycles. The summed E-state index contributed by atoms with van der Waals surface area (Å²) in [5.74, 6) is -0.644. The number of carboxylic acid groups (broad SMARTS) is 1. The maximum atomic E-state index is 10.8. The van der Waals surface area contributed by atoms with Crippen molar-refractivity contribution < 1.29 is 15.0 Å². The van der Waals surface area contributed by atoms with Crippen LogP contribution in [-0.2, 0) is 4.79 Å². The molecule has 0 aliphatic rings. The van der Waals surface area contributed by atoms with E-state index in [1.165, 1.54) is 0 Å². The van der Waals surface area contributed by atoms with Crippen LogP contribution in [0.2, 0.25) is 0 Å². The molecule has 2 aromatic rings. The van der Waals surface area contributed by atoms with E-state index in [-0.39, 0.29) is 12.2 Å². The Morgan fingerprint density at radius 3 is 2.11 bits per heavy atom. The van der Waals surface area contributed by atoms with Gasteiger partial charge in [-0.15, -0.1) is 0 Å². The zero-order valence-electron chi connectivity index (χ0n) is 10.4. The maximum absolute atomic E-state index is 10.8. The van der Waals surface area contributed by atoms with Crippen molar-refractivity contribution in [2.75, 3.05) is 11.4 Å². The minimum absolute atomic E-state index is 0.0514. The molecule has 2 rings (SSSR count). The van der Waals surface area contributed by atoms with Crippen molar-refractivity contribution in [1.29, 1.82) is 0 Å². The van der Waals surface area contributed by atoms with Gasteiger partial charge in [0, 0.05) is 17.9 Å². The normalized spacial score (nSPS) is 10.1. The molecule has 0 aromatic heterocycles. The van der Waals surface area contributed by atoms with Gasteiger partial charge in [0.1, 0.15) is 5.75 Å². The number of aromatic hydroxyl groups is 1. The Morgan fingerprint density at radius 2 is 1.53 bits per heavy atom. The summed E-state index contributed by atoms with van der Waals surface area (Å²) in [5, 5.41) is 18.1. The number of anilines is 2. The van der Waals surface area contributed by atoms with Crippen LogP contribution < -0.4 is 4.90 Å². The van der Waals surface area contributed by atoms with Crippen molar-refractivity contribution >= 4 is 17.3 Å². The van der Waals surface area contributed by atoms with E-state index in [0.717, 1.165) is 11.4 Å². The molecule has 4 heteroatoms. The summed E-state index contributed by atoms with van der Waals surface area (Å²) in [5.41, 5.74) is 1.78. The molecule has 0 amide bonds. The molecule has 4 nitrogen and oxygen atoms in total. The molecule has 2 N–H and O–H groups in total. The smallest absolute Gasteiger partial charge is 0.305 e. The van der Waals surface area contributed by atoms with Gasteiger partial charge >= 0.3 is 5.97 Å². The van der Waals surface area contributed by atoms with Gasteiger partial charge in [0.15, 0.2) is 0 Å². The van der Waals surface area contributed by atoms with E-state index in [9.17, 15) is 9.90 Å². The van der Waals surface area contributed by atoms with Crippen molar-refractivity contribution in [3.8, 4) is 5.75 Å². The standard InChI is InChI=1S/C15H15NO3/c17-14-8-6-13(7-9-14)16(11-10-15(18)19)12-4-2-1-3-5-12/h1-9,17H,10-11H2,(H,18,19). The Kier molecular flexibility index (Phi) is 4.03. The van der Waals surface area contributed by atoms with Crippen molar-refractivity contribution in [2.24, 2.45) is 0 Å². The molecule has 0 unspecified atom stereocenters. The van der Waals surface area contributed by atoms with Gasteiger partial charge in [-0.2, -0.15) is 0 Å². The molecule has 0 fully saturated rings. The Bertz CT molecular complexity index is 537. The van der Waals surface area contributed by atoms with Crippen LogP contribution in [0.4, 0.5) is 11.4 Å². The van der Waals surface area contributed by atoms with Gasteiger partial charge in [-0.05, 0) is 36.4 Å². The maximum Gasteiger partial charge on any atom is 0.305 e. The third-order valence-corrected chi connectivity index (χ3v) is 2.78. The quantitative estimate of drug-likeness (QED) is 0.864. The SMILES string of the molecule is O=C(O)CCN(c1ccccc1)c1ccc(O)cc1. The van der Waals surface area contributed by atoms with Crippen LogP contribution in [0.5, 0.6) is 5.75 Å². The van der Waals surface area contributed by atoms with E-state index < -0.39 is 5.97 Å². The number of carboxylic acids is 1. The molecule has 0 aliphatic heterocycles. The highest BCUT2D eigenvalue weighted by atomic mass is 16.4. The molecule has 0 saturated carbocycles. The molecule has 0 heterocycles. The second-order valence-electron chi connectivity index (χ2n) is 4.15. The summed E-state index contributed by atoms with van der Waals surface area (Å²) in [6.07, 6.45) is 0.0514. The summed E-state index contributed by atoms with van der Waals surface area (Å²) in [6, 6.07) is 16.3. The molecule has 19 heavy (non-hydrogen) atoms. The van der Waals surface area contributed by atoms with Gasteiger partial charge < -0.3 is 15.1 Å². The number of hydrogen-bond acceptors (Lipinski definition) is 3. The molecule has 0 radical (unpaired) electrons. The van der Waals surface area contributed by atoms with E-state index >= 15 is 0 Å². The number of nitrogens with zero attached hydrogens (tertiary/aromatic N) is 1. The van der Waals surface area contributed by atoms with Gasteiger partial charge in [-0.3, -0.25) is 4.79 Å². The number of rotatable bonds is 5. The second-order valence-corrected chi connectivity index (χ2v) is 4.15. The van der Waals surface area contributed by atoms with Gasteiger partial charge in [-0.1, -0.05) is 18.2 Å². The number of phenols is 1. The first-order chi connectivity index (χ1) is 9.16. The van der Waals surface area contributed by atoms with E-state index in [2.05, 4.69) is 0 Å². The average molecular weight is 257 g/mol. The number of benzene rings is 2. The van der Waals surface area contributed by atoms with E-state index in [4.69, 9.17) is 5.11 Å². The molecule has 0 spiro atoms. The van der Waals surface area contributed by atoms with Gasteiger partial charge in [-0.25, -0.2) is 0 Å². The fourth-order valence-electron chi connectivity index (χ4n) is 1.86. The lowest BCUT2D eigenvalue weighted by atomic mass is 10.2. The minimum atomic E-state index is -0.834. The fourth-order valence-corrected chi connectivity index (χ4v) is 1.86. The Hall–Kier alpha value is -2.49. The van der Waals surface area contributed by atoms with Crippen LogP contribution in [0.25, 0.3) is 0 Å². The van der Waals surface area contributed by atoms with Crippen LogP contribution >= 0.6 is 0 Å². The Balaban J connectivity index is 2.28. The van der Waals surface area contributed by atoms with Crippen molar-refractivity contribution in [3.05, 3.63) is 54.6 Å². The van der Waals surface area contributed by atoms with Crippen LogP contribution in [-0.4, -0.2) is 22.7 Å². The average Bonchev–Trinajstić information content (AvgIpc) is 2.42. The van der Waals surface area contributed by atoms with Gasteiger partial charge in [0.25, 0.3) is 0 Å². The van der Waals surface area contributed by atoms with Crippen molar-refractivity contribution in [1.82, 2.24) is 0 Å². The van der Waals surface area contributed by atoms with Crippen LogP contribution in [0.1, 0.15) is 6.42 Å². The Labute approximate surface area is 111 Å². The van der Waals surface area contributed by atoms with Crippen molar-refractivity contribution in [3.63, 3.8) is 0 Å². The summed E-state index contributed by atoms with van der Waals surface area (Å²) in [6.45, 7) is 0.379. The summed E-state index contributed by atoms with van der Waals surface area (Å²) in [4.78, 5) is 12.7.